The van der Waals surface area contributed by atoms with Crippen LogP contribution in [0.1, 0.15) is 32.8 Å². The highest BCUT2D eigenvalue weighted by Gasteiger charge is 2.34. The summed E-state index contributed by atoms with van der Waals surface area (Å²) in [5.74, 6) is 1.92. The van der Waals surface area contributed by atoms with E-state index in [0.29, 0.717) is 5.92 Å². The normalized spacial score (nSPS) is 14.6. The highest BCUT2D eigenvalue weighted by molar-refractivity contribution is 5.44. The van der Waals surface area contributed by atoms with E-state index in [2.05, 4.69) is 13.8 Å². The van der Waals surface area contributed by atoms with Gasteiger partial charge >= 0.3 is 0 Å². The van der Waals surface area contributed by atoms with E-state index in [4.69, 9.17) is 9.47 Å². The summed E-state index contributed by atoms with van der Waals surface area (Å²) in [4.78, 5) is 0. The van der Waals surface area contributed by atoms with Crippen LogP contribution in [-0.2, 0) is 5.54 Å². The lowest BCUT2D eigenvalue weighted by Gasteiger charge is -2.37. The summed E-state index contributed by atoms with van der Waals surface area (Å²) in [5, 5.41) is 11.3. The molecule has 1 N–H and O–H groups in total. The van der Waals surface area contributed by atoms with Gasteiger partial charge in [-0.15, -0.1) is 0 Å². The van der Waals surface area contributed by atoms with Gasteiger partial charge in [-0.05, 0) is 31.4 Å². The van der Waals surface area contributed by atoms with Crippen molar-refractivity contribution in [2.24, 2.45) is 5.92 Å². The van der Waals surface area contributed by atoms with Crippen LogP contribution in [0.25, 0.3) is 0 Å². The third-order valence-corrected chi connectivity index (χ3v) is 3.51. The fraction of sp³-hybridized carbons (Fsp3) is 0.600. The number of benzene rings is 1. The molecule has 0 bridgehead atoms. The molecular weight excluding hydrogens is 242 g/mol. The van der Waals surface area contributed by atoms with Crippen molar-refractivity contribution in [1.29, 1.82) is 0 Å². The lowest BCUT2D eigenvalue weighted by Crippen LogP contribution is -2.40. The number of nitrogens with zero attached hydrogens (tertiary/aromatic N) is 1. The molecule has 0 aromatic heterocycles. The van der Waals surface area contributed by atoms with Crippen molar-refractivity contribution in [2.75, 3.05) is 21.3 Å². The Labute approximate surface area is 115 Å². The van der Waals surface area contributed by atoms with Crippen LogP contribution >= 0.6 is 0 Å². The Morgan fingerprint density at radius 2 is 1.89 bits per heavy atom. The lowest BCUT2D eigenvalue weighted by molar-refractivity contribution is -0.157. The quantitative estimate of drug-likeness (QED) is 0.803. The molecule has 1 atom stereocenters. The maximum absolute atomic E-state index is 10.1. The topological polar surface area (TPSA) is 41.9 Å². The number of ether oxygens (including phenoxy) is 2. The van der Waals surface area contributed by atoms with E-state index in [1.807, 2.05) is 25.1 Å². The first-order chi connectivity index (χ1) is 8.85. The largest absolute Gasteiger partial charge is 0.497 e. The molecule has 0 aliphatic heterocycles. The summed E-state index contributed by atoms with van der Waals surface area (Å²) in [6, 6.07) is 5.68. The second-order valence-corrected chi connectivity index (χ2v) is 5.46. The van der Waals surface area contributed by atoms with Crippen LogP contribution < -0.4 is 9.47 Å². The van der Waals surface area contributed by atoms with Gasteiger partial charge in [-0.2, -0.15) is 5.06 Å². The van der Waals surface area contributed by atoms with Crippen LogP contribution in [0.5, 0.6) is 11.5 Å². The molecule has 0 radical (unpaired) electrons. The zero-order valence-electron chi connectivity index (χ0n) is 12.7. The summed E-state index contributed by atoms with van der Waals surface area (Å²) in [7, 11) is 4.93. The fourth-order valence-electron chi connectivity index (χ4n) is 2.45. The molecule has 1 unspecified atom stereocenters. The van der Waals surface area contributed by atoms with Gasteiger partial charge in [0.05, 0.1) is 19.8 Å². The minimum absolute atomic E-state index is 0.450. The minimum atomic E-state index is -0.494. The van der Waals surface area contributed by atoms with Gasteiger partial charge in [0.15, 0.2) is 0 Å². The number of hydrogen-bond acceptors (Lipinski definition) is 4. The standard InChI is InChI=1S/C15H25NO3/c1-11(2)10-15(3,16(4)17)13-8-7-12(18-5)9-14(13)19-6/h7-9,11,17H,10H2,1-6H3. The van der Waals surface area contributed by atoms with Crippen molar-refractivity contribution in [3.05, 3.63) is 23.8 Å². The number of hydroxylamine groups is 2. The maximum Gasteiger partial charge on any atom is 0.127 e. The zero-order chi connectivity index (χ0) is 14.6. The summed E-state index contributed by atoms with van der Waals surface area (Å²) >= 11 is 0. The highest BCUT2D eigenvalue weighted by atomic mass is 16.5. The van der Waals surface area contributed by atoms with Gasteiger partial charge in [-0.25, -0.2) is 0 Å². The Morgan fingerprint density at radius 1 is 1.26 bits per heavy atom. The predicted octanol–water partition coefficient (Wildman–Crippen LogP) is 3.29. The molecule has 0 spiro atoms. The zero-order valence-corrected chi connectivity index (χ0v) is 12.7. The molecule has 0 amide bonds. The van der Waals surface area contributed by atoms with E-state index < -0.39 is 5.54 Å². The van der Waals surface area contributed by atoms with Gasteiger partial charge in [0.25, 0.3) is 0 Å². The molecule has 0 aliphatic rings. The Hall–Kier alpha value is -1.26. The van der Waals surface area contributed by atoms with Crippen molar-refractivity contribution in [1.82, 2.24) is 5.06 Å². The average Bonchev–Trinajstić information content (AvgIpc) is 2.36. The van der Waals surface area contributed by atoms with Crippen molar-refractivity contribution in [3.8, 4) is 11.5 Å². The van der Waals surface area contributed by atoms with Gasteiger partial charge in [-0.1, -0.05) is 13.8 Å². The van der Waals surface area contributed by atoms with Crippen molar-refractivity contribution in [2.45, 2.75) is 32.7 Å². The highest BCUT2D eigenvalue weighted by Crippen LogP contribution is 2.39. The number of hydrogen-bond donors (Lipinski definition) is 1. The third kappa shape index (κ3) is 3.39. The van der Waals surface area contributed by atoms with Crippen molar-refractivity contribution >= 4 is 0 Å². The molecule has 4 heteroatoms. The van der Waals surface area contributed by atoms with Crippen LogP contribution in [-0.4, -0.2) is 31.5 Å². The van der Waals surface area contributed by atoms with E-state index in [1.165, 1.54) is 5.06 Å². The predicted molar refractivity (Wildman–Crippen MR) is 75.9 cm³/mol. The molecule has 1 aromatic rings. The van der Waals surface area contributed by atoms with Crippen LogP contribution in [0.3, 0.4) is 0 Å². The van der Waals surface area contributed by atoms with E-state index in [0.717, 1.165) is 23.5 Å². The maximum atomic E-state index is 10.1. The number of rotatable bonds is 6. The number of methoxy groups -OCH3 is 2. The molecule has 1 aromatic carbocycles. The van der Waals surface area contributed by atoms with Crippen molar-refractivity contribution < 1.29 is 14.7 Å². The van der Waals surface area contributed by atoms with Crippen LogP contribution in [0.4, 0.5) is 0 Å². The smallest absolute Gasteiger partial charge is 0.127 e. The summed E-state index contributed by atoms with van der Waals surface area (Å²) < 4.78 is 10.7. The fourth-order valence-corrected chi connectivity index (χ4v) is 2.45. The minimum Gasteiger partial charge on any atom is -0.497 e. The first-order valence-electron chi connectivity index (χ1n) is 6.50. The monoisotopic (exact) mass is 267 g/mol. The van der Waals surface area contributed by atoms with Gasteiger partial charge < -0.3 is 14.7 Å². The summed E-state index contributed by atoms with van der Waals surface area (Å²) in [6.07, 6.45) is 0.822. The molecule has 0 heterocycles. The lowest BCUT2D eigenvalue weighted by atomic mass is 9.83. The molecule has 0 saturated carbocycles. The SMILES string of the molecule is COc1ccc(C(C)(CC(C)C)N(C)O)c(OC)c1. The molecule has 19 heavy (non-hydrogen) atoms. The second kappa shape index (κ2) is 6.26. The molecule has 1 rings (SSSR count). The van der Waals surface area contributed by atoms with E-state index in [-0.39, 0.29) is 0 Å². The Balaban J connectivity index is 3.30. The van der Waals surface area contributed by atoms with Gasteiger partial charge in [0.1, 0.15) is 11.5 Å². The van der Waals surface area contributed by atoms with Gasteiger partial charge in [0, 0.05) is 18.7 Å². The van der Waals surface area contributed by atoms with Crippen molar-refractivity contribution in [3.63, 3.8) is 0 Å². The second-order valence-electron chi connectivity index (χ2n) is 5.46. The van der Waals surface area contributed by atoms with Gasteiger partial charge in [0.2, 0.25) is 0 Å². The molecule has 4 nitrogen and oxygen atoms in total. The average molecular weight is 267 g/mol. The molecule has 108 valence electrons. The van der Waals surface area contributed by atoms with E-state index >= 15 is 0 Å². The Kier molecular flexibility index (Phi) is 5.20. The molecular formula is C15H25NO3. The molecule has 0 saturated heterocycles. The first-order valence-corrected chi connectivity index (χ1v) is 6.50. The van der Waals surface area contributed by atoms with E-state index in [1.54, 1.807) is 21.3 Å². The first kappa shape index (κ1) is 15.8. The van der Waals surface area contributed by atoms with Gasteiger partial charge in [-0.3, -0.25) is 0 Å². The summed E-state index contributed by atoms with van der Waals surface area (Å²) in [6.45, 7) is 6.28. The third-order valence-electron chi connectivity index (χ3n) is 3.51. The molecule has 0 fully saturated rings. The van der Waals surface area contributed by atoms with Crippen LogP contribution in [0, 0.1) is 5.92 Å². The Bertz CT molecular complexity index is 418. The van der Waals surface area contributed by atoms with Crippen LogP contribution in [0.2, 0.25) is 0 Å². The molecule has 0 aliphatic carbocycles. The summed E-state index contributed by atoms with van der Waals surface area (Å²) in [5.41, 5.74) is 0.459. The van der Waals surface area contributed by atoms with Crippen LogP contribution in [0.15, 0.2) is 18.2 Å². The van der Waals surface area contributed by atoms with E-state index in [9.17, 15) is 5.21 Å². The Morgan fingerprint density at radius 3 is 2.32 bits per heavy atom.